The van der Waals surface area contributed by atoms with Gasteiger partial charge in [-0.3, -0.25) is 0 Å². The molecular weight excluding hydrogens is 872 g/mol. The van der Waals surface area contributed by atoms with Crippen molar-refractivity contribution in [3.05, 3.63) is 257 Å². The lowest BCUT2D eigenvalue weighted by Crippen LogP contribution is -2.63. The lowest BCUT2D eigenvalue weighted by Gasteiger charge is -2.53. The average Bonchev–Trinajstić information content (AvgIpc) is 3.92. The summed E-state index contributed by atoms with van der Waals surface area (Å²) in [6.45, 7) is 11.6. The predicted octanol–water partition coefficient (Wildman–Crippen LogP) is 16.3. The molecule has 0 saturated carbocycles. The van der Waals surface area contributed by atoms with E-state index in [1.54, 1.807) is 0 Å². The zero-order valence-electron chi connectivity index (χ0n) is 41.2. The maximum atomic E-state index is 7.28. The highest BCUT2D eigenvalue weighted by Gasteiger charge is 2.55. The zero-order valence-corrected chi connectivity index (χ0v) is 41.2. The van der Waals surface area contributed by atoms with Gasteiger partial charge in [0.15, 0.2) is 0 Å². The Bertz CT molecular complexity index is 4030. The second-order valence-electron chi connectivity index (χ2n) is 21.9. The summed E-state index contributed by atoms with van der Waals surface area (Å²) >= 11 is 0. The molecule has 0 radical (unpaired) electrons. The monoisotopic (exact) mass is 922 g/mol. The molecule has 11 aromatic rings. The van der Waals surface area contributed by atoms with Crippen LogP contribution in [0.4, 0.5) is 28.4 Å². The molecule has 0 fully saturated rings. The van der Waals surface area contributed by atoms with E-state index in [0.29, 0.717) is 0 Å². The Labute approximate surface area is 421 Å². The van der Waals surface area contributed by atoms with Crippen LogP contribution in [0.1, 0.15) is 73.6 Å². The molecule has 4 heteroatoms. The van der Waals surface area contributed by atoms with Gasteiger partial charge in [-0.2, -0.15) is 0 Å². The van der Waals surface area contributed by atoms with Crippen LogP contribution >= 0.6 is 0 Å². The summed E-state index contributed by atoms with van der Waals surface area (Å²) in [5, 5.41) is 2.23. The Morgan fingerprint density at radius 2 is 1.10 bits per heavy atom. The quantitative estimate of drug-likeness (QED) is 0.164. The lowest BCUT2D eigenvalue weighted by molar-refractivity contribution is 0.590. The van der Waals surface area contributed by atoms with E-state index >= 15 is 0 Å². The van der Waals surface area contributed by atoms with Gasteiger partial charge in [-0.25, -0.2) is 0 Å². The maximum absolute atomic E-state index is 7.28. The normalized spacial score (nSPS) is 15.2. The minimum atomic E-state index is -0.632. The Morgan fingerprint density at radius 1 is 0.458 bits per heavy atom. The van der Waals surface area contributed by atoms with Crippen molar-refractivity contribution in [1.82, 2.24) is 0 Å². The molecule has 0 bridgehead atoms. The highest BCUT2D eigenvalue weighted by Crippen LogP contribution is 2.63. The molecule has 0 saturated heterocycles. The number of anilines is 5. The van der Waals surface area contributed by atoms with Crippen molar-refractivity contribution in [2.24, 2.45) is 0 Å². The molecule has 0 spiro atoms. The Hall–Kier alpha value is -8.34. The number of rotatable bonds is 4. The van der Waals surface area contributed by atoms with Gasteiger partial charge in [-0.05, 0) is 96.7 Å². The number of benzene rings is 10. The van der Waals surface area contributed by atoms with E-state index in [-0.39, 0.29) is 17.7 Å². The molecule has 0 atom stereocenters. The second kappa shape index (κ2) is 14.6. The number of fused-ring (bicyclic) bond motifs is 14. The Morgan fingerprint density at radius 3 is 1.85 bits per heavy atom. The molecule has 3 aliphatic heterocycles. The number of hydrogen-bond donors (Lipinski definition) is 0. The summed E-state index contributed by atoms with van der Waals surface area (Å²) < 4.78 is 7.28. The fraction of sp³-hybridized carbons (Fsp3) is 0.118. The Kier molecular flexibility index (Phi) is 8.42. The number of nitrogens with zero attached hydrogens (tertiary/aromatic N) is 2. The molecule has 4 aliphatic rings. The van der Waals surface area contributed by atoms with Crippen molar-refractivity contribution < 1.29 is 4.42 Å². The van der Waals surface area contributed by atoms with Gasteiger partial charge in [0.25, 0.3) is 0 Å². The molecule has 4 heterocycles. The molecule has 1 aliphatic carbocycles. The van der Waals surface area contributed by atoms with Gasteiger partial charge in [0.1, 0.15) is 11.2 Å². The molecule has 10 aromatic carbocycles. The van der Waals surface area contributed by atoms with Crippen molar-refractivity contribution >= 4 is 68.1 Å². The molecular formula is C68H51BN2O. The van der Waals surface area contributed by atoms with Crippen LogP contribution in [0.25, 0.3) is 55.3 Å². The van der Waals surface area contributed by atoms with Crippen molar-refractivity contribution in [3.63, 3.8) is 0 Å². The van der Waals surface area contributed by atoms with Crippen LogP contribution in [0.5, 0.6) is 0 Å². The summed E-state index contributed by atoms with van der Waals surface area (Å²) in [6, 6.07) is 82.3. The van der Waals surface area contributed by atoms with Crippen LogP contribution in [0.2, 0.25) is 0 Å². The van der Waals surface area contributed by atoms with Crippen molar-refractivity contribution in [1.29, 1.82) is 0 Å². The van der Waals surface area contributed by atoms with Gasteiger partial charge >= 0.3 is 6.85 Å². The smallest absolute Gasteiger partial charge is 0.333 e. The SMILES string of the molecule is CC(C)(C)c1ccc(N2c3cc4c(oc5ccccc54)c4c3B(c3ccc5c(c32)-c2ccccc2C5(C)C)N2c3ccccc3C(c3ccccc3)(c3ccccc3)c3cccc-4c32)c(-c2ccccc2)c1. The van der Waals surface area contributed by atoms with Gasteiger partial charge < -0.3 is 14.1 Å². The van der Waals surface area contributed by atoms with Crippen molar-refractivity contribution in [3.8, 4) is 33.4 Å². The van der Waals surface area contributed by atoms with Crippen molar-refractivity contribution in [2.75, 3.05) is 9.71 Å². The number of hydrogen-bond acceptors (Lipinski definition) is 3. The zero-order chi connectivity index (χ0) is 48.3. The molecule has 342 valence electrons. The van der Waals surface area contributed by atoms with Gasteiger partial charge in [0, 0.05) is 55.5 Å². The third-order valence-electron chi connectivity index (χ3n) is 16.8. The summed E-state index contributed by atoms with van der Waals surface area (Å²) in [6.07, 6.45) is 0. The van der Waals surface area contributed by atoms with Crippen LogP contribution < -0.4 is 20.6 Å². The maximum Gasteiger partial charge on any atom is 0.333 e. The van der Waals surface area contributed by atoms with Crippen LogP contribution in [0.3, 0.4) is 0 Å². The third kappa shape index (κ3) is 5.31. The first-order valence-electron chi connectivity index (χ1n) is 25.5. The van der Waals surface area contributed by atoms with E-state index in [9.17, 15) is 0 Å². The summed E-state index contributed by atoms with van der Waals surface area (Å²) in [5.41, 5.74) is 25.8. The second-order valence-corrected chi connectivity index (χ2v) is 21.9. The number of furan rings is 1. The van der Waals surface area contributed by atoms with Crippen molar-refractivity contribution in [2.45, 2.75) is 50.9 Å². The van der Waals surface area contributed by atoms with E-state index in [2.05, 4.69) is 263 Å². The first-order valence-corrected chi connectivity index (χ1v) is 25.5. The Balaban J connectivity index is 1.16. The fourth-order valence-electron chi connectivity index (χ4n) is 13.7. The standard InChI is InChI=1S/C68H51BN2O/c1-66(2,3)45-36-39-56(49(40-45)42-22-9-6-10-23-42)70-58-41-50-46-28-16-20-35-59(46)72-65(50)61-48-30-21-33-54-63(48)71(57-34-19-18-32-52(57)68(54,43-24-11-7-12-25-43)44-26-13-8-14-27-44)69(62(58)61)55-38-37-53-60(64(55)70)47-29-15-17-31-51(47)67(53,4)5/h6-41H,1-5H3. The topological polar surface area (TPSA) is 19.6 Å². The van der Waals surface area contributed by atoms with Gasteiger partial charge in [0.05, 0.1) is 16.8 Å². The number of para-hydroxylation sites is 3. The van der Waals surface area contributed by atoms with Crippen LogP contribution in [0, 0.1) is 0 Å². The lowest BCUT2D eigenvalue weighted by atomic mass is 9.41. The van der Waals surface area contributed by atoms with E-state index < -0.39 is 5.41 Å². The molecule has 3 nitrogen and oxygen atoms in total. The van der Waals surface area contributed by atoms with Crippen LogP contribution in [-0.2, 0) is 16.2 Å². The largest absolute Gasteiger partial charge is 0.455 e. The highest BCUT2D eigenvalue weighted by atomic mass is 16.3. The molecule has 72 heavy (non-hydrogen) atoms. The average molecular weight is 923 g/mol. The molecule has 0 amide bonds. The minimum absolute atomic E-state index is 0.0667. The first kappa shape index (κ1) is 41.4. The van der Waals surface area contributed by atoms with E-state index in [4.69, 9.17) is 4.42 Å². The fourth-order valence-corrected chi connectivity index (χ4v) is 13.7. The molecule has 0 unspecified atom stereocenters. The molecule has 1 aromatic heterocycles. The van der Waals surface area contributed by atoms with E-state index in [1.165, 1.54) is 100 Å². The van der Waals surface area contributed by atoms with Gasteiger partial charge in [-0.1, -0.05) is 223 Å². The van der Waals surface area contributed by atoms with E-state index in [0.717, 1.165) is 33.2 Å². The third-order valence-corrected chi connectivity index (χ3v) is 16.8. The predicted molar refractivity (Wildman–Crippen MR) is 301 cm³/mol. The summed E-state index contributed by atoms with van der Waals surface area (Å²) in [5.74, 6) is 0. The molecule has 0 N–H and O–H groups in total. The van der Waals surface area contributed by atoms with Gasteiger partial charge in [0.2, 0.25) is 0 Å². The van der Waals surface area contributed by atoms with Crippen LogP contribution in [-0.4, -0.2) is 6.85 Å². The van der Waals surface area contributed by atoms with E-state index in [1.807, 2.05) is 0 Å². The van der Waals surface area contributed by atoms with Crippen LogP contribution in [0.15, 0.2) is 223 Å². The summed E-state index contributed by atoms with van der Waals surface area (Å²) in [4.78, 5) is 5.42. The van der Waals surface area contributed by atoms with Gasteiger partial charge in [-0.15, -0.1) is 0 Å². The first-order chi connectivity index (χ1) is 35.2. The highest BCUT2D eigenvalue weighted by molar-refractivity contribution is 6.94. The minimum Gasteiger partial charge on any atom is -0.455 e. The summed E-state index contributed by atoms with van der Waals surface area (Å²) in [7, 11) is 0. The molecule has 15 rings (SSSR count).